The van der Waals surface area contributed by atoms with E-state index in [-0.39, 0.29) is 0 Å². The Kier molecular flexibility index (Phi) is 4.70. The lowest BCUT2D eigenvalue weighted by Gasteiger charge is -2.30. The molecule has 98 valence electrons. The molecular weight excluding hydrogens is 244 g/mol. The minimum atomic E-state index is -0.851. The van der Waals surface area contributed by atoms with Crippen molar-refractivity contribution in [3.63, 3.8) is 0 Å². The van der Waals surface area contributed by atoms with Crippen molar-refractivity contribution >= 4 is 17.7 Å². The number of carboxylic acids is 1. The van der Waals surface area contributed by atoms with Crippen LogP contribution in [0.15, 0.2) is 29.2 Å². The molecule has 2 rings (SSSR count). The third-order valence-corrected chi connectivity index (χ3v) is 5.22. The van der Waals surface area contributed by atoms with E-state index in [4.69, 9.17) is 5.11 Å². The van der Waals surface area contributed by atoms with Gasteiger partial charge in [0.1, 0.15) is 0 Å². The summed E-state index contributed by atoms with van der Waals surface area (Å²) in [7, 11) is 0. The number of thioether (sulfide) groups is 1. The van der Waals surface area contributed by atoms with Crippen molar-refractivity contribution in [2.24, 2.45) is 5.92 Å². The van der Waals surface area contributed by atoms with E-state index in [0.29, 0.717) is 10.8 Å². The molecular formula is C15H20O2S. The minimum absolute atomic E-state index is 0.370. The molecule has 0 radical (unpaired) electrons. The maximum absolute atomic E-state index is 10.8. The Hall–Kier alpha value is -0.960. The van der Waals surface area contributed by atoms with Crippen molar-refractivity contribution in [3.05, 3.63) is 29.8 Å². The summed E-state index contributed by atoms with van der Waals surface area (Å²) in [5.41, 5.74) is 0.370. The summed E-state index contributed by atoms with van der Waals surface area (Å²) in [5, 5.41) is 9.58. The highest BCUT2D eigenvalue weighted by molar-refractivity contribution is 8.00. The van der Waals surface area contributed by atoms with Gasteiger partial charge < -0.3 is 5.11 Å². The SMILES string of the molecule is CCC1CCCCC1Sc1ccc(C(=O)O)cc1. The van der Waals surface area contributed by atoms with Gasteiger partial charge in [-0.2, -0.15) is 0 Å². The fourth-order valence-corrected chi connectivity index (χ4v) is 4.09. The van der Waals surface area contributed by atoms with Crippen molar-refractivity contribution in [3.8, 4) is 0 Å². The second kappa shape index (κ2) is 6.28. The van der Waals surface area contributed by atoms with Crippen LogP contribution in [0.2, 0.25) is 0 Å². The highest BCUT2D eigenvalue weighted by Gasteiger charge is 2.24. The average Bonchev–Trinajstić information content (AvgIpc) is 2.40. The zero-order valence-corrected chi connectivity index (χ0v) is 11.6. The van der Waals surface area contributed by atoms with Crippen LogP contribution in [0.5, 0.6) is 0 Å². The lowest BCUT2D eigenvalue weighted by atomic mass is 9.87. The zero-order chi connectivity index (χ0) is 13.0. The predicted octanol–water partition coefficient (Wildman–Crippen LogP) is 4.45. The molecule has 0 bridgehead atoms. The van der Waals surface area contributed by atoms with Gasteiger partial charge in [-0.05, 0) is 43.0 Å². The van der Waals surface area contributed by atoms with Crippen LogP contribution in [-0.2, 0) is 0 Å². The Balaban J connectivity index is 2.01. The van der Waals surface area contributed by atoms with Crippen LogP contribution < -0.4 is 0 Å². The first-order valence-electron chi connectivity index (χ1n) is 6.70. The molecule has 1 N–H and O–H groups in total. The largest absolute Gasteiger partial charge is 0.478 e. The van der Waals surface area contributed by atoms with Gasteiger partial charge in [-0.25, -0.2) is 4.79 Å². The summed E-state index contributed by atoms with van der Waals surface area (Å²) < 4.78 is 0. The number of hydrogen-bond donors (Lipinski definition) is 1. The van der Waals surface area contributed by atoms with Crippen LogP contribution in [0.25, 0.3) is 0 Å². The standard InChI is InChI=1S/C15H20O2S/c1-2-11-5-3-4-6-14(11)18-13-9-7-12(8-10-13)15(16)17/h7-11,14H,2-6H2,1H3,(H,16,17). The molecule has 0 saturated heterocycles. The highest BCUT2D eigenvalue weighted by atomic mass is 32.2. The molecule has 1 aromatic rings. The maximum atomic E-state index is 10.8. The summed E-state index contributed by atoms with van der Waals surface area (Å²) in [6.45, 7) is 2.27. The van der Waals surface area contributed by atoms with Crippen LogP contribution >= 0.6 is 11.8 Å². The molecule has 1 saturated carbocycles. The van der Waals surface area contributed by atoms with Crippen LogP contribution in [0, 0.1) is 5.92 Å². The Labute approximate surface area is 113 Å². The molecule has 0 amide bonds. The number of rotatable bonds is 4. The van der Waals surface area contributed by atoms with E-state index in [1.54, 1.807) is 12.1 Å². The molecule has 2 unspecified atom stereocenters. The third-order valence-electron chi connectivity index (χ3n) is 3.75. The molecule has 0 aromatic heterocycles. The van der Waals surface area contributed by atoms with Gasteiger partial charge >= 0.3 is 5.97 Å². The topological polar surface area (TPSA) is 37.3 Å². The number of carbonyl (C=O) groups is 1. The predicted molar refractivity (Wildman–Crippen MR) is 75.3 cm³/mol. The van der Waals surface area contributed by atoms with Crippen molar-refractivity contribution in [1.29, 1.82) is 0 Å². The third kappa shape index (κ3) is 3.29. The molecule has 0 spiro atoms. The second-order valence-electron chi connectivity index (χ2n) is 4.94. The van der Waals surface area contributed by atoms with E-state index in [9.17, 15) is 4.79 Å². The Morgan fingerprint density at radius 2 is 1.94 bits per heavy atom. The Morgan fingerprint density at radius 3 is 2.56 bits per heavy atom. The van der Waals surface area contributed by atoms with Gasteiger partial charge in [0.25, 0.3) is 0 Å². The van der Waals surface area contributed by atoms with E-state index in [0.717, 1.165) is 5.92 Å². The molecule has 1 aromatic carbocycles. The lowest BCUT2D eigenvalue weighted by Crippen LogP contribution is -2.20. The van der Waals surface area contributed by atoms with Crippen molar-refractivity contribution in [2.75, 3.05) is 0 Å². The highest BCUT2D eigenvalue weighted by Crippen LogP contribution is 2.38. The van der Waals surface area contributed by atoms with E-state index in [1.807, 2.05) is 23.9 Å². The van der Waals surface area contributed by atoms with E-state index in [2.05, 4.69) is 6.92 Å². The Bertz CT molecular complexity index is 399. The second-order valence-corrected chi connectivity index (χ2v) is 6.25. The number of carboxylic acid groups (broad SMARTS) is 1. The van der Waals surface area contributed by atoms with Crippen LogP contribution in [-0.4, -0.2) is 16.3 Å². The van der Waals surface area contributed by atoms with E-state index < -0.39 is 5.97 Å². The fourth-order valence-electron chi connectivity index (χ4n) is 2.65. The number of aromatic carboxylic acids is 1. The van der Waals surface area contributed by atoms with Crippen LogP contribution in [0.1, 0.15) is 49.4 Å². The van der Waals surface area contributed by atoms with E-state index in [1.165, 1.54) is 37.0 Å². The first-order chi connectivity index (χ1) is 8.70. The zero-order valence-electron chi connectivity index (χ0n) is 10.8. The monoisotopic (exact) mass is 264 g/mol. The summed E-state index contributed by atoms with van der Waals surface area (Å²) in [6, 6.07) is 7.29. The number of benzene rings is 1. The van der Waals surface area contributed by atoms with Crippen LogP contribution in [0.3, 0.4) is 0 Å². The molecule has 1 aliphatic rings. The molecule has 2 nitrogen and oxygen atoms in total. The van der Waals surface area contributed by atoms with Gasteiger partial charge in [-0.3, -0.25) is 0 Å². The quantitative estimate of drug-likeness (QED) is 0.873. The smallest absolute Gasteiger partial charge is 0.335 e. The molecule has 0 aliphatic heterocycles. The molecule has 1 aliphatic carbocycles. The lowest BCUT2D eigenvalue weighted by molar-refractivity contribution is 0.0697. The van der Waals surface area contributed by atoms with Gasteiger partial charge in [0, 0.05) is 10.1 Å². The van der Waals surface area contributed by atoms with Gasteiger partial charge in [0.15, 0.2) is 0 Å². The average molecular weight is 264 g/mol. The summed E-state index contributed by atoms with van der Waals surface area (Å²) in [5.74, 6) is -0.0291. The van der Waals surface area contributed by atoms with Crippen molar-refractivity contribution in [1.82, 2.24) is 0 Å². The number of hydrogen-bond acceptors (Lipinski definition) is 2. The summed E-state index contributed by atoms with van der Waals surface area (Å²) in [6.07, 6.45) is 6.60. The first kappa shape index (κ1) is 13.5. The minimum Gasteiger partial charge on any atom is -0.478 e. The van der Waals surface area contributed by atoms with E-state index >= 15 is 0 Å². The maximum Gasteiger partial charge on any atom is 0.335 e. The molecule has 0 heterocycles. The Morgan fingerprint density at radius 1 is 1.28 bits per heavy atom. The normalized spacial score (nSPS) is 23.8. The van der Waals surface area contributed by atoms with Crippen molar-refractivity contribution < 1.29 is 9.90 Å². The molecule has 3 heteroatoms. The first-order valence-corrected chi connectivity index (χ1v) is 7.58. The summed E-state index contributed by atoms with van der Waals surface area (Å²) in [4.78, 5) is 12.0. The van der Waals surface area contributed by atoms with Crippen molar-refractivity contribution in [2.45, 2.75) is 49.2 Å². The molecule has 2 atom stereocenters. The summed E-state index contributed by atoms with van der Waals surface area (Å²) >= 11 is 1.92. The van der Waals surface area contributed by atoms with Gasteiger partial charge in [-0.15, -0.1) is 11.8 Å². The van der Waals surface area contributed by atoms with Gasteiger partial charge in [0.2, 0.25) is 0 Å². The van der Waals surface area contributed by atoms with Gasteiger partial charge in [0.05, 0.1) is 5.56 Å². The van der Waals surface area contributed by atoms with Gasteiger partial charge in [-0.1, -0.05) is 26.2 Å². The van der Waals surface area contributed by atoms with Crippen LogP contribution in [0.4, 0.5) is 0 Å². The molecule has 1 fully saturated rings. The molecule has 18 heavy (non-hydrogen) atoms. The fraction of sp³-hybridized carbons (Fsp3) is 0.533.